The van der Waals surface area contributed by atoms with E-state index in [4.69, 9.17) is 0 Å². The summed E-state index contributed by atoms with van der Waals surface area (Å²) in [5.74, 6) is 0.663. The molecule has 0 fully saturated rings. The van der Waals surface area contributed by atoms with Crippen molar-refractivity contribution in [1.29, 1.82) is 0 Å². The van der Waals surface area contributed by atoms with E-state index in [9.17, 15) is 0 Å². The number of hydrogen-bond acceptors (Lipinski definition) is 3. The Labute approximate surface area is 87.8 Å². The molecule has 2 heterocycles. The van der Waals surface area contributed by atoms with Crippen molar-refractivity contribution in [2.75, 3.05) is 0 Å². The largest absolute Gasteiger partial charge is 0.226 e. The standard InChI is InChI=1S/C10H15N3S/c1-4-8-6-11-10-13(8)12-9(14-10)5-7(2)3/h6-7H,4-5H2,1-3H3. The zero-order chi connectivity index (χ0) is 10.1. The Bertz CT molecular complexity index is 427. The van der Waals surface area contributed by atoms with Gasteiger partial charge in [0, 0.05) is 6.42 Å². The first-order chi connectivity index (χ1) is 6.70. The predicted molar refractivity (Wildman–Crippen MR) is 58.8 cm³/mol. The van der Waals surface area contributed by atoms with Crippen LogP contribution in [0.3, 0.4) is 0 Å². The normalized spacial score (nSPS) is 11.7. The smallest absolute Gasteiger partial charge is 0.212 e. The third-order valence-corrected chi connectivity index (χ3v) is 3.09. The van der Waals surface area contributed by atoms with Crippen LogP contribution in [-0.2, 0) is 12.8 Å². The summed E-state index contributed by atoms with van der Waals surface area (Å²) in [7, 11) is 0. The summed E-state index contributed by atoms with van der Waals surface area (Å²) >= 11 is 1.70. The molecule has 0 aliphatic heterocycles. The first kappa shape index (κ1) is 9.65. The second kappa shape index (κ2) is 3.69. The molecule has 0 bridgehead atoms. The quantitative estimate of drug-likeness (QED) is 0.777. The van der Waals surface area contributed by atoms with Crippen molar-refractivity contribution in [3.63, 3.8) is 0 Å². The van der Waals surface area contributed by atoms with Crippen molar-refractivity contribution >= 4 is 16.3 Å². The van der Waals surface area contributed by atoms with Gasteiger partial charge in [-0.1, -0.05) is 32.1 Å². The molecule has 0 saturated carbocycles. The van der Waals surface area contributed by atoms with E-state index in [1.54, 1.807) is 11.3 Å². The molecule has 0 aromatic carbocycles. The van der Waals surface area contributed by atoms with Gasteiger partial charge in [-0.15, -0.1) is 0 Å². The summed E-state index contributed by atoms with van der Waals surface area (Å²) in [5.41, 5.74) is 1.20. The maximum Gasteiger partial charge on any atom is 0.212 e. The Morgan fingerprint density at radius 2 is 2.29 bits per heavy atom. The average Bonchev–Trinajstić information content (AvgIpc) is 2.61. The number of nitrogens with zero attached hydrogens (tertiary/aromatic N) is 3. The van der Waals surface area contributed by atoms with Crippen molar-refractivity contribution in [1.82, 2.24) is 14.6 Å². The lowest BCUT2D eigenvalue weighted by Crippen LogP contribution is -1.96. The molecule has 0 atom stereocenters. The minimum absolute atomic E-state index is 0.663. The highest BCUT2D eigenvalue weighted by Gasteiger charge is 2.09. The molecule has 0 aliphatic rings. The van der Waals surface area contributed by atoms with Gasteiger partial charge in [0.2, 0.25) is 4.96 Å². The molecule has 0 spiro atoms. The van der Waals surface area contributed by atoms with Crippen LogP contribution in [0.15, 0.2) is 6.20 Å². The summed E-state index contributed by atoms with van der Waals surface area (Å²) in [6.45, 7) is 6.56. The molecular formula is C10H15N3S. The van der Waals surface area contributed by atoms with Crippen molar-refractivity contribution in [3.05, 3.63) is 16.9 Å². The van der Waals surface area contributed by atoms with Crippen LogP contribution in [-0.4, -0.2) is 14.6 Å². The third kappa shape index (κ3) is 1.66. The Morgan fingerprint density at radius 1 is 1.50 bits per heavy atom. The number of fused-ring (bicyclic) bond motifs is 1. The van der Waals surface area contributed by atoms with Crippen LogP contribution in [0, 0.1) is 5.92 Å². The van der Waals surface area contributed by atoms with Gasteiger partial charge in [-0.05, 0) is 12.3 Å². The van der Waals surface area contributed by atoms with E-state index in [1.807, 2.05) is 10.7 Å². The average molecular weight is 209 g/mol. The van der Waals surface area contributed by atoms with Gasteiger partial charge in [-0.3, -0.25) is 0 Å². The van der Waals surface area contributed by atoms with E-state index in [-0.39, 0.29) is 0 Å². The first-order valence-electron chi connectivity index (χ1n) is 5.03. The highest BCUT2D eigenvalue weighted by Crippen LogP contribution is 2.18. The van der Waals surface area contributed by atoms with Crippen molar-refractivity contribution in [2.24, 2.45) is 5.92 Å². The maximum absolute atomic E-state index is 4.56. The second-order valence-corrected chi connectivity index (χ2v) is 4.93. The summed E-state index contributed by atoms with van der Waals surface area (Å²) < 4.78 is 1.97. The van der Waals surface area contributed by atoms with Gasteiger partial charge in [0.15, 0.2) is 0 Å². The van der Waals surface area contributed by atoms with Gasteiger partial charge in [0.05, 0.1) is 11.9 Å². The van der Waals surface area contributed by atoms with E-state index >= 15 is 0 Å². The Morgan fingerprint density at radius 3 is 2.93 bits per heavy atom. The van der Waals surface area contributed by atoms with Crippen LogP contribution in [0.25, 0.3) is 4.96 Å². The van der Waals surface area contributed by atoms with Crippen LogP contribution >= 0.6 is 11.3 Å². The second-order valence-electron chi connectivity index (χ2n) is 3.89. The number of aryl methyl sites for hydroxylation is 1. The minimum Gasteiger partial charge on any atom is -0.226 e. The maximum atomic E-state index is 4.56. The Kier molecular flexibility index (Phi) is 2.54. The van der Waals surface area contributed by atoms with Crippen LogP contribution in [0.1, 0.15) is 31.5 Å². The molecule has 76 valence electrons. The number of aromatic nitrogens is 3. The lowest BCUT2D eigenvalue weighted by atomic mass is 10.1. The minimum atomic E-state index is 0.663. The Balaban J connectivity index is 2.37. The fraction of sp³-hybridized carbons (Fsp3) is 0.600. The molecule has 0 saturated heterocycles. The fourth-order valence-electron chi connectivity index (χ4n) is 1.45. The SMILES string of the molecule is CCc1cnc2sc(CC(C)C)nn12. The Hall–Kier alpha value is -0.900. The highest BCUT2D eigenvalue weighted by atomic mass is 32.1. The molecule has 0 aliphatic carbocycles. The van der Waals surface area contributed by atoms with E-state index in [0.29, 0.717) is 5.92 Å². The van der Waals surface area contributed by atoms with Crippen molar-refractivity contribution < 1.29 is 0 Å². The topological polar surface area (TPSA) is 30.2 Å². The van der Waals surface area contributed by atoms with Gasteiger partial charge < -0.3 is 0 Å². The summed E-state index contributed by atoms with van der Waals surface area (Å²) in [6, 6.07) is 0. The monoisotopic (exact) mass is 209 g/mol. The molecule has 2 aromatic rings. The summed E-state index contributed by atoms with van der Waals surface area (Å²) in [5, 5.41) is 5.75. The fourth-order valence-corrected chi connectivity index (χ4v) is 2.55. The molecule has 0 radical (unpaired) electrons. The van der Waals surface area contributed by atoms with E-state index < -0.39 is 0 Å². The van der Waals surface area contributed by atoms with Gasteiger partial charge in [0.1, 0.15) is 5.01 Å². The zero-order valence-corrected chi connectivity index (χ0v) is 9.64. The molecule has 4 heteroatoms. The molecule has 14 heavy (non-hydrogen) atoms. The number of hydrogen-bond donors (Lipinski definition) is 0. The molecule has 2 rings (SSSR count). The van der Waals surface area contributed by atoms with Crippen LogP contribution in [0.4, 0.5) is 0 Å². The lowest BCUT2D eigenvalue weighted by molar-refractivity contribution is 0.635. The zero-order valence-electron chi connectivity index (χ0n) is 8.82. The molecule has 2 aromatic heterocycles. The van der Waals surface area contributed by atoms with E-state index in [2.05, 4.69) is 30.9 Å². The van der Waals surface area contributed by atoms with Gasteiger partial charge in [-0.25, -0.2) is 9.50 Å². The molecule has 3 nitrogen and oxygen atoms in total. The lowest BCUT2D eigenvalue weighted by Gasteiger charge is -1.97. The number of rotatable bonds is 3. The molecule has 0 N–H and O–H groups in total. The first-order valence-corrected chi connectivity index (χ1v) is 5.84. The van der Waals surface area contributed by atoms with Gasteiger partial charge in [-0.2, -0.15) is 5.10 Å². The number of imidazole rings is 1. The van der Waals surface area contributed by atoms with Crippen LogP contribution in [0.2, 0.25) is 0 Å². The summed E-state index contributed by atoms with van der Waals surface area (Å²) in [4.78, 5) is 5.36. The summed E-state index contributed by atoms with van der Waals surface area (Å²) in [6.07, 6.45) is 3.96. The van der Waals surface area contributed by atoms with Gasteiger partial charge >= 0.3 is 0 Å². The van der Waals surface area contributed by atoms with Crippen molar-refractivity contribution in [2.45, 2.75) is 33.6 Å². The van der Waals surface area contributed by atoms with Crippen molar-refractivity contribution in [3.8, 4) is 0 Å². The van der Waals surface area contributed by atoms with Crippen LogP contribution in [0.5, 0.6) is 0 Å². The predicted octanol–water partition coefficient (Wildman–Crippen LogP) is 2.55. The molecular weight excluding hydrogens is 194 g/mol. The highest BCUT2D eigenvalue weighted by molar-refractivity contribution is 7.16. The molecule has 0 unspecified atom stereocenters. The molecule has 0 amide bonds. The van der Waals surface area contributed by atoms with E-state index in [0.717, 1.165) is 17.8 Å². The third-order valence-electron chi connectivity index (χ3n) is 2.14. The van der Waals surface area contributed by atoms with Gasteiger partial charge in [0.25, 0.3) is 0 Å². The van der Waals surface area contributed by atoms with Crippen LogP contribution < -0.4 is 0 Å². The van der Waals surface area contributed by atoms with E-state index in [1.165, 1.54) is 10.7 Å².